The van der Waals surface area contributed by atoms with E-state index in [9.17, 15) is 15.2 Å². The van der Waals surface area contributed by atoms with E-state index in [1.807, 2.05) is 13.0 Å². The molecule has 0 aromatic heterocycles. The molecule has 0 saturated heterocycles. The molecule has 0 radical (unpaired) electrons. The summed E-state index contributed by atoms with van der Waals surface area (Å²) >= 11 is 0. The molecule has 5 atom stereocenters. The average Bonchev–Trinajstić information content (AvgIpc) is 2.89. The van der Waals surface area contributed by atoms with Gasteiger partial charge >= 0.3 is 0 Å². The number of allylic oxidation sites excluding steroid dienone is 5. The van der Waals surface area contributed by atoms with Crippen molar-refractivity contribution >= 4 is 5.78 Å². The molecule has 1 fully saturated rings. The highest BCUT2D eigenvalue weighted by atomic mass is 16.3. The quantitative estimate of drug-likeness (QED) is 0.819. The van der Waals surface area contributed by atoms with E-state index in [0.29, 0.717) is 11.8 Å². The van der Waals surface area contributed by atoms with Crippen molar-refractivity contribution in [2.24, 2.45) is 23.2 Å². The number of rotatable bonds is 2. The average molecular weight is 337 g/mol. The first-order valence-electron chi connectivity index (χ1n) is 9.72. The predicted octanol–water partition coefficient (Wildman–Crippen LogP) is 4.25. The molecule has 0 aromatic carbocycles. The number of nitrogens with zero attached hydrogens (tertiary/aromatic N) is 1. The van der Waals surface area contributed by atoms with Gasteiger partial charge in [-0.15, -0.1) is 0 Å². The van der Waals surface area contributed by atoms with Crippen molar-refractivity contribution in [3.63, 3.8) is 0 Å². The number of carbonyl (C=O) groups is 1. The third kappa shape index (κ3) is 2.16. The van der Waals surface area contributed by atoms with E-state index in [4.69, 9.17) is 0 Å². The fourth-order valence-electron chi connectivity index (χ4n) is 6.20. The summed E-state index contributed by atoms with van der Waals surface area (Å²) in [6, 6.07) is 2.23. The number of hydrogen-bond donors (Lipinski definition) is 1. The smallest absolute Gasteiger partial charge is 0.159 e. The maximum Gasteiger partial charge on any atom is 0.159 e. The van der Waals surface area contributed by atoms with Gasteiger partial charge in [0.1, 0.15) is 0 Å². The van der Waals surface area contributed by atoms with Gasteiger partial charge in [0.15, 0.2) is 5.78 Å². The van der Waals surface area contributed by atoms with E-state index in [-0.39, 0.29) is 23.5 Å². The summed E-state index contributed by atoms with van der Waals surface area (Å²) in [7, 11) is 0. The van der Waals surface area contributed by atoms with Crippen LogP contribution < -0.4 is 0 Å². The van der Waals surface area contributed by atoms with Gasteiger partial charge in [-0.2, -0.15) is 5.26 Å². The lowest BCUT2D eigenvalue weighted by atomic mass is 9.56. The number of ketones is 1. The van der Waals surface area contributed by atoms with Crippen molar-refractivity contribution < 1.29 is 9.90 Å². The van der Waals surface area contributed by atoms with E-state index < -0.39 is 5.60 Å². The first-order chi connectivity index (χ1) is 12.0. The molecular formula is C22H27NO2. The second-order valence-electron chi connectivity index (χ2n) is 8.50. The zero-order valence-electron chi connectivity index (χ0n) is 15.2. The molecule has 4 aliphatic rings. The summed E-state index contributed by atoms with van der Waals surface area (Å²) in [5.41, 5.74) is 2.88. The van der Waals surface area contributed by atoms with Gasteiger partial charge in [-0.1, -0.05) is 26.0 Å². The Bertz CT molecular complexity index is 752. The summed E-state index contributed by atoms with van der Waals surface area (Å²) in [5.74, 6) is 1.23. The Labute approximate surface area is 150 Å². The van der Waals surface area contributed by atoms with Gasteiger partial charge in [0.05, 0.1) is 18.1 Å². The lowest BCUT2D eigenvalue weighted by Crippen LogP contribution is -2.49. The van der Waals surface area contributed by atoms with Crippen LogP contribution in [0.4, 0.5) is 0 Å². The zero-order chi connectivity index (χ0) is 17.8. The van der Waals surface area contributed by atoms with E-state index in [1.165, 1.54) is 16.7 Å². The molecule has 4 rings (SSSR count). The largest absolute Gasteiger partial charge is 0.388 e. The lowest BCUT2D eigenvalue weighted by molar-refractivity contribution is -0.118. The summed E-state index contributed by atoms with van der Waals surface area (Å²) in [6.45, 7) is 4.18. The van der Waals surface area contributed by atoms with Gasteiger partial charge in [-0.25, -0.2) is 0 Å². The third-order valence-electron chi connectivity index (χ3n) is 7.57. The molecule has 0 aromatic rings. The Hall–Kier alpha value is -1.66. The summed E-state index contributed by atoms with van der Waals surface area (Å²) in [6.07, 6.45) is 12.0. The molecular weight excluding hydrogens is 310 g/mol. The minimum absolute atomic E-state index is 0.0790. The molecule has 0 aliphatic heterocycles. The maximum absolute atomic E-state index is 12.1. The van der Waals surface area contributed by atoms with Crippen LogP contribution >= 0.6 is 0 Å². The van der Waals surface area contributed by atoms with E-state index in [1.54, 1.807) is 0 Å². The van der Waals surface area contributed by atoms with Crippen LogP contribution in [0.25, 0.3) is 0 Å². The number of nitriles is 1. The van der Waals surface area contributed by atoms with Gasteiger partial charge in [-0.3, -0.25) is 4.79 Å². The van der Waals surface area contributed by atoms with Gasteiger partial charge in [0.2, 0.25) is 0 Å². The highest BCUT2D eigenvalue weighted by molar-refractivity contribution is 5.94. The van der Waals surface area contributed by atoms with Gasteiger partial charge in [0.25, 0.3) is 0 Å². The van der Waals surface area contributed by atoms with Crippen LogP contribution in [0.1, 0.15) is 58.8 Å². The number of aliphatic hydroxyl groups is 1. The van der Waals surface area contributed by atoms with Crippen LogP contribution in [0, 0.1) is 34.5 Å². The van der Waals surface area contributed by atoms with E-state index in [0.717, 1.165) is 38.5 Å². The van der Waals surface area contributed by atoms with Crippen LogP contribution in [-0.2, 0) is 4.79 Å². The number of carbonyl (C=O) groups excluding carboxylic acids is 1. The Morgan fingerprint density at radius 2 is 2.20 bits per heavy atom. The standard InChI is InChI=1S/C22H27NO2/c1-3-21-8-6-16-17(19(21)7-9-22(21,25)10-11-23)5-4-15-13-20(24)14(2)12-18(15)16/h6,8,13-14,17,19,25H,3-5,7,9-10,12H2,1-2H3/t14-,17+,19-,21-,22+/m0/s1. The SMILES string of the molecule is CC[C@]12C=CC3=C4C[C@H](C)C(=O)C=C4CC[C@H]3[C@@H]1CC[C@@]2(O)CC#N. The highest BCUT2D eigenvalue weighted by Gasteiger charge is 2.60. The second kappa shape index (κ2) is 5.68. The Morgan fingerprint density at radius 1 is 1.40 bits per heavy atom. The van der Waals surface area contributed by atoms with Crippen molar-refractivity contribution in [3.05, 3.63) is 34.9 Å². The van der Waals surface area contributed by atoms with Gasteiger partial charge in [-0.05, 0) is 73.2 Å². The Morgan fingerprint density at radius 3 is 2.92 bits per heavy atom. The molecule has 1 N–H and O–H groups in total. The third-order valence-corrected chi connectivity index (χ3v) is 7.57. The Kier molecular flexibility index (Phi) is 3.81. The molecule has 1 saturated carbocycles. The molecule has 3 nitrogen and oxygen atoms in total. The van der Waals surface area contributed by atoms with Crippen molar-refractivity contribution in [1.29, 1.82) is 5.26 Å². The molecule has 4 aliphatic carbocycles. The van der Waals surface area contributed by atoms with Gasteiger partial charge < -0.3 is 5.11 Å². The van der Waals surface area contributed by atoms with Crippen molar-refractivity contribution in [2.75, 3.05) is 0 Å². The van der Waals surface area contributed by atoms with Crippen LogP contribution in [0.2, 0.25) is 0 Å². The molecule has 3 heteroatoms. The summed E-state index contributed by atoms with van der Waals surface area (Å²) in [4.78, 5) is 12.1. The monoisotopic (exact) mass is 337 g/mol. The molecule has 0 heterocycles. The van der Waals surface area contributed by atoms with Crippen LogP contribution in [0.3, 0.4) is 0 Å². The zero-order valence-corrected chi connectivity index (χ0v) is 15.2. The number of hydrogen-bond acceptors (Lipinski definition) is 3. The fraction of sp³-hybridized carbons (Fsp3) is 0.636. The molecule has 0 amide bonds. The van der Waals surface area contributed by atoms with Crippen molar-refractivity contribution in [3.8, 4) is 6.07 Å². The molecule has 132 valence electrons. The minimum atomic E-state index is -0.889. The van der Waals surface area contributed by atoms with Crippen LogP contribution in [-0.4, -0.2) is 16.5 Å². The van der Waals surface area contributed by atoms with Crippen LogP contribution in [0.15, 0.2) is 34.9 Å². The fourth-order valence-corrected chi connectivity index (χ4v) is 6.20. The first kappa shape index (κ1) is 16.8. The second-order valence-corrected chi connectivity index (χ2v) is 8.50. The van der Waals surface area contributed by atoms with Crippen molar-refractivity contribution in [1.82, 2.24) is 0 Å². The normalized spacial score (nSPS) is 42.4. The predicted molar refractivity (Wildman–Crippen MR) is 96.4 cm³/mol. The van der Waals surface area contributed by atoms with E-state index in [2.05, 4.69) is 25.1 Å². The first-order valence-corrected chi connectivity index (χ1v) is 9.72. The van der Waals surface area contributed by atoms with Crippen LogP contribution in [0.5, 0.6) is 0 Å². The molecule has 25 heavy (non-hydrogen) atoms. The summed E-state index contributed by atoms with van der Waals surface area (Å²) in [5, 5.41) is 20.5. The maximum atomic E-state index is 12.1. The molecule has 0 unspecified atom stereocenters. The minimum Gasteiger partial charge on any atom is -0.388 e. The summed E-state index contributed by atoms with van der Waals surface area (Å²) < 4.78 is 0. The molecule has 0 bridgehead atoms. The topological polar surface area (TPSA) is 61.1 Å². The Balaban J connectivity index is 1.82. The lowest BCUT2D eigenvalue weighted by Gasteiger charge is -2.49. The van der Waals surface area contributed by atoms with E-state index >= 15 is 0 Å². The van der Waals surface area contributed by atoms with Gasteiger partial charge in [0, 0.05) is 11.3 Å². The number of fused-ring (bicyclic) bond motifs is 4. The highest BCUT2D eigenvalue weighted by Crippen LogP contribution is 2.63. The molecule has 0 spiro atoms. The van der Waals surface area contributed by atoms with Crippen molar-refractivity contribution in [2.45, 2.75) is 64.4 Å².